The molecular formula is C14H23NO2. The molecule has 3 nitrogen and oxygen atoms in total. The van der Waals surface area contributed by atoms with E-state index in [1.165, 1.54) is 0 Å². The maximum absolute atomic E-state index is 10.5. The highest BCUT2D eigenvalue weighted by Crippen LogP contribution is 2.35. The van der Waals surface area contributed by atoms with E-state index in [2.05, 4.69) is 0 Å². The van der Waals surface area contributed by atoms with Gasteiger partial charge < -0.3 is 14.7 Å². The van der Waals surface area contributed by atoms with E-state index >= 15 is 0 Å². The van der Waals surface area contributed by atoms with Gasteiger partial charge in [-0.05, 0) is 47.0 Å². The van der Waals surface area contributed by atoms with Crippen LogP contribution in [0.3, 0.4) is 0 Å². The van der Waals surface area contributed by atoms with Gasteiger partial charge in [-0.2, -0.15) is 0 Å². The summed E-state index contributed by atoms with van der Waals surface area (Å²) >= 11 is 0. The molecule has 17 heavy (non-hydrogen) atoms. The first kappa shape index (κ1) is 14.0. The van der Waals surface area contributed by atoms with E-state index < -0.39 is 6.10 Å². The number of benzene rings is 1. The van der Waals surface area contributed by atoms with Crippen molar-refractivity contribution < 1.29 is 9.84 Å². The Balaban J connectivity index is 3.19. The average Bonchev–Trinajstić information content (AvgIpc) is 2.27. The van der Waals surface area contributed by atoms with E-state index in [9.17, 15) is 5.11 Å². The molecule has 0 amide bonds. The van der Waals surface area contributed by atoms with Crippen LogP contribution in [-0.2, 0) is 0 Å². The van der Waals surface area contributed by atoms with Crippen LogP contribution in [0.1, 0.15) is 31.1 Å². The maximum atomic E-state index is 10.5. The van der Waals surface area contributed by atoms with Crippen LogP contribution in [0.2, 0.25) is 0 Å². The van der Waals surface area contributed by atoms with Crippen LogP contribution in [0.25, 0.3) is 0 Å². The number of hydrogen-bond acceptors (Lipinski definition) is 3. The third-order valence-corrected chi connectivity index (χ3v) is 3.50. The Morgan fingerprint density at radius 1 is 1.29 bits per heavy atom. The Bertz CT molecular complexity index is 386. The predicted octanol–water partition coefficient (Wildman–Crippen LogP) is 2.38. The highest BCUT2D eigenvalue weighted by molar-refractivity contribution is 5.39. The largest absolute Gasteiger partial charge is 0.496 e. The molecule has 0 fully saturated rings. The predicted molar refractivity (Wildman–Crippen MR) is 70.5 cm³/mol. The summed E-state index contributed by atoms with van der Waals surface area (Å²) in [5.41, 5.74) is 1.61. The topological polar surface area (TPSA) is 32.7 Å². The van der Waals surface area contributed by atoms with Crippen LogP contribution >= 0.6 is 0 Å². The fraction of sp³-hybridized carbons (Fsp3) is 0.571. The van der Waals surface area contributed by atoms with Gasteiger partial charge in [0.2, 0.25) is 0 Å². The number of aryl methyl sites for hydroxylation is 1. The summed E-state index contributed by atoms with van der Waals surface area (Å²) in [6.45, 7) is 6.04. The highest BCUT2D eigenvalue weighted by Gasteiger charge is 2.33. The molecule has 1 aromatic rings. The lowest BCUT2D eigenvalue weighted by Gasteiger charge is -2.37. The van der Waals surface area contributed by atoms with Gasteiger partial charge in [0.1, 0.15) is 11.9 Å². The van der Waals surface area contributed by atoms with Gasteiger partial charge in [0.05, 0.1) is 7.11 Å². The lowest BCUT2D eigenvalue weighted by Crippen LogP contribution is -2.43. The van der Waals surface area contributed by atoms with Gasteiger partial charge in [-0.25, -0.2) is 0 Å². The van der Waals surface area contributed by atoms with E-state index in [1.807, 2.05) is 58.0 Å². The second-order valence-electron chi connectivity index (χ2n) is 5.20. The van der Waals surface area contributed by atoms with E-state index in [0.717, 1.165) is 16.9 Å². The number of aliphatic hydroxyl groups excluding tert-OH is 1. The van der Waals surface area contributed by atoms with Crippen molar-refractivity contribution in [1.82, 2.24) is 4.90 Å². The summed E-state index contributed by atoms with van der Waals surface area (Å²) in [4.78, 5) is 2.01. The number of methoxy groups -OCH3 is 1. The Morgan fingerprint density at radius 2 is 1.88 bits per heavy atom. The Labute approximate surface area is 104 Å². The molecule has 1 N–H and O–H groups in total. The van der Waals surface area contributed by atoms with E-state index in [-0.39, 0.29) is 5.54 Å². The minimum absolute atomic E-state index is 0.346. The van der Waals surface area contributed by atoms with Crippen molar-refractivity contribution in [2.75, 3.05) is 21.2 Å². The zero-order valence-electron chi connectivity index (χ0n) is 11.6. The third kappa shape index (κ3) is 2.79. The molecule has 0 aliphatic rings. The van der Waals surface area contributed by atoms with Gasteiger partial charge in [0.15, 0.2) is 0 Å². The van der Waals surface area contributed by atoms with Crippen LogP contribution < -0.4 is 4.74 Å². The molecule has 96 valence electrons. The minimum atomic E-state index is -0.590. The SMILES string of the molecule is COc1ccc(C)cc1C(O)C(C)(C)N(C)C. The minimum Gasteiger partial charge on any atom is -0.496 e. The molecule has 1 atom stereocenters. The van der Waals surface area contributed by atoms with E-state index in [4.69, 9.17) is 4.74 Å². The highest BCUT2D eigenvalue weighted by atomic mass is 16.5. The molecule has 0 aliphatic heterocycles. The standard InChI is InChI=1S/C14H23NO2/c1-10-7-8-12(17-6)11(9-10)13(16)14(2,3)15(4)5/h7-9,13,16H,1-6H3. The van der Waals surface area contributed by atoms with Crippen LogP contribution in [0.4, 0.5) is 0 Å². The van der Waals surface area contributed by atoms with Crippen LogP contribution in [0, 0.1) is 6.92 Å². The molecule has 0 aliphatic carbocycles. The molecule has 0 saturated heterocycles. The van der Waals surface area contributed by atoms with Gasteiger partial charge >= 0.3 is 0 Å². The van der Waals surface area contributed by atoms with Crippen molar-refractivity contribution >= 4 is 0 Å². The second-order valence-corrected chi connectivity index (χ2v) is 5.20. The first-order chi connectivity index (χ1) is 7.80. The lowest BCUT2D eigenvalue weighted by molar-refractivity contribution is 0.0149. The number of nitrogens with zero attached hydrogens (tertiary/aromatic N) is 1. The van der Waals surface area contributed by atoms with Gasteiger partial charge in [-0.3, -0.25) is 0 Å². The van der Waals surface area contributed by atoms with Gasteiger partial charge in [-0.1, -0.05) is 11.6 Å². The summed E-state index contributed by atoms with van der Waals surface area (Å²) in [6.07, 6.45) is -0.590. The number of aliphatic hydroxyl groups is 1. The number of rotatable bonds is 4. The van der Waals surface area contributed by atoms with Crippen molar-refractivity contribution in [3.8, 4) is 5.75 Å². The lowest BCUT2D eigenvalue weighted by atomic mass is 9.89. The molecule has 0 spiro atoms. The molecule has 1 unspecified atom stereocenters. The Kier molecular flexibility index (Phi) is 4.17. The fourth-order valence-electron chi connectivity index (χ4n) is 1.69. The molecule has 0 radical (unpaired) electrons. The van der Waals surface area contributed by atoms with Crippen molar-refractivity contribution in [2.45, 2.75) is 32.4 Å². The zero-order valence-corrected chi connectivity index (χ0v) is 11.6. The van der Waals surface area contributed by atoms with Crippen molar-refractivity contribution in [1.29, 1.82) is 0 Å². The second kappa shape index (κ2) is 5.07. The number of ether oxygens (including phenoxy) is 1. The third-order valence-electron chi connectivity index (χ3n) is 3.50. The summed E-state index contributed by atoms with van der Waals surface area (Å²) in [5, 5.41) is 10.5. The molecule has 1 aromatic carbocycles. The number of hydrogen-bond donors (Lipinski definition) is 1. The molecule has 3 heteroatoms. The first-order valence-electron chi connectivity index (χ1n) is 5.80. The summed E-state index contributed by atoms with van der Waals surface area (Å²) < 4.78 is 5.32. The summed E-state index contributed by atoms with van der Waals surface area (Å²) in [7, 11) is 5.56. The van der Waals surface area contributed by atoms with Crippen molar-refractivity contribution in [2.24, 2.45) is 0 Å². The van der Waals surface area contributed by atoms with Crippen molar-refractivity contribution in [3.05, 3.63) is 29.3 Å². The van der Waals surface area contributed by atoms with Crippen LogP contribution in [0.5, 0.6) is 5.75 Å². The fourth-order valence-corrected chi connectivity index (χ4v) is 1.69. The summed E-state index contributed by atoms with van der Waals surface area (Å²) in [6, 6.07) is 5.87. The monoisotopic (exact) mass is 237 g/mol. The van der Waals surface area contributed by atoms with Crippen LogP contribution in [0.15, 0.2) is 18.2 Å². The van der Waals surface area contributed by atoms with Gasteiger partial charge in [0, 0.05) is 11.1 Å². The maximum Gasteiger partial charge on any atom is 0.124 e. The first-order valence-corrected chi connectivity index (χ1v) is 5.80. The average molecular weight is 237 g/mol. The molecule has 0 bridgehead atoms. The molecule has 0 saturated carbocycles. The normalized spacial score (nSPS) is 13.9. The molecule has 0 aromatic heterocycles. The van der Waals surface area contributed by atoms with Gasteiger partial charge in [0.25, 0.3) is 0 Å². The Morgan fingerprint density at radius 3 is 2.35 bits per heavy atom. The van der Waals surface area contributed by atoms with Crippen molar-refractivity contribution in [3.63, 3.8) is 0 Å². The Hall–Kier alpha value is -1.06. The van der Waals surface area contributed by atoms with Crippen LogP contribution in [-0.4, -0.2) is 36.8 Å². The smallest absolute Gasteiger partial charge is 0.124 e. The molecule has 0 heterocycles. The van der Waals surface area contributed by atoms with E-state index in [0.29, 0.717) is 0 Å². The molecule has 1 rings (SSSR count). The zero-order chi connectivity index (χ0) is 13.2. The summed E-state index contributed by atoms with van der Waals surface area (Å²) in [5.74, 6) is 0.734. The quantitative estimate of drug-likeness (QED) is 0.872. The van der Waals surface area contributed by atoms with Gasteiger partial charge in [-0.15, -0.1) is 0 Å². The van der Waals surface area contributed by atoms with E-state index in [1.54, 1.807) is 7.11 Å². The number of likely N-dealkylation sites (N-methyl/N-ethyl adjacent to an activating group) is 1. The molecular weight excluding hydrogens is 214 g/mol.